The number of aryl methyl sites for hydroxylation is 2. The van der Waals surface area contributed by atoms with Crippen LogP contribution in [0.3, 0.4) is 0 Å². The molecule has 0 saturated heterocycles. The zero-order valence-corrected chi connectivity index (χ0v) is 19.7. The Kier molecular flexibility index (Phi) is 7.11. The zero-order valence-electron chi connectivity index (χ0n) is 19.7. The molecular weight excluding hydrogens is 442 g/mol. The quantitative estimate of drug-likeness (QED) is 0.479. The Bertz CT molecular complexity index is 1280. The van der Waals surface area contributed by atoms with E-state index in [4.69, 9.17) is 4.74 Å². The van der Waals surface area contributed by atoms with E-state index in [1.54, 1.807) is 24.3 Å². The van der Waals surface area contributed by atoms with Gasteiger partial charge in [0.05, 0.1) is 25.1 Å². The average Bonchev–Trinajstić information content (AvgIpc) is 3.14. The molecule has 178 valence electrons. The highest BCUT2D eigenvalue weighted by Gasteiger charge is 2.44. The third-order valence-corrected chi connectivity index (χ3v) is 6.14. The van der Waals surface area contributed by atoms with Gasteiger partial charge in [-0.15, -0.1) is 0 Å². The van der Waals surface area contributed by atoms with E-state index in [1.807, 2.05) is 61.5 Å². The summed E-state index contributed by atoms with van der Waals surface area (Å²) in [4.78, 5) is 39.7. The van der Waals surface area contributed by atoms with Crippen LogP contribution in [0.4, 0.5) is 5.69 Å². The molecule has 1 aliphatic heterocycles. The van der Waals surface area contributed by atoms with Crippen molar-refractivity contribution < 1.29 is 24.2 Å². The first-order valence-electron chi connectivity index (χ1n) is 11.4. The lowest BCUT2D eigenvalue weighted by Gasteiger charge is -2.27. The number of hydrogen-bond donors (Lipinski definition) is 1. The molecule has 0 saturated carbocycles. The van der Waals surface area contributed by atoms with E-state index in [2.05, 4.69) is 0 Å². The fourth-order valence-electron chi connectivity index (χ4n) is 4.36. The Hall–Kier alpha value is -4.19. The van der Waals surface area contributed by atoms with Crippen molar-refractivity contribution in [3.63, 3.8) is 0 Å². The molecule has 1 heterocycles. The summed E-state index contributed by atoms with van der Waals surface area (Å²) in [7, 11) is 1.33. The van der Waals surface area contributed by atoms with E-state index in [9.17, 15) is 19.5 Å². The molecule has 0 bridgehead atoms. The molecule has 3 aromatic carbocycles. The number of aliphatic hydroxyl groups excluding tert-OH is 1. The first-order valence-corrected chi connectivity index (χ1v) is 11.4. The van der Waals surface area contributed by atoms with E-state index >= 15 is 0 Å². The van der Waals surface area contributed by atoms with Gasteiger partial charge in [-0.3, -0.25) is 19.3 Å². The monoisotopic (exact) mass is 469 g/mol. The van der Waals surface area contributed by atoms with E-state index < -0.39 is 17.7 Å². The molecular formula is C29H27NO5. The number of benzene rings is 3. The maximum absolute atomic E-state index is 13.4. The molecule has 0 spiro atoms. The number of anilines is 1. The minimum atomic E-state index is -0.753. The number of hydrogen-bond acceptors (Lipinski definition) is 5. The topological polar surface area (TPSA) is 83.9 Å². The van der Waals surface area contributed by atoms with Gasteiger partial charge in [-0.25, -0.2) is 0 Å². The normalized spacial score (nSPS) is 15.4. The van der Waals surface area contributed by atoms with E-state index in [1.165, 1.54) is 12.0 Å². The van der Waals surface area contributed by atoms with Gasteiger partial charge in [-0.05, 0) is 42.2 Å². The van der Waals surface area contributed by atoms with Gasteiger partial charge >= 0.3 is 5.97 Å². The molecule has 4 rings (SSSR count). The maximum atomic E-state index is 13.4. The maximum Gasteiger partial charge on any atom is 0.309 e. The SMILES string of the molecule is COC(=O)Cc1ccc(N2C(=O)C(O)=C(C(=O)CCc3ccccc3)C2c2cccc(C)c2)cc1. The molecule has 1 aliphatic rings. The second-order valence-corrected chi connectivity index (χ2v) is 8.58. The third-order valence-electron chi connectivity index (χ3n) is 6.14. The summed E-state index contributed by atoms with van der Waals surface area (Å²) in [5.74, 6) is -1.78. The van der Waals surface area contributed by atoms with Gasteiger partial charge in [0.2, 0.25) is 0 Å². The Morgan fingerprint density at radius 1 is 0.943 bits per heavy atom. The highest BCUT2D eigenvalue weighted by Crippen LogP contribution is 2.41. The van der Waals surface area contributed by atoms with Crippen LogP contribution in [0.1, 0.15) is 34.7 Å². The van der Waals surface area contributed by atoms with Gasteiger partial charge < -0.3 is 9.84 Å². The predicted octanol–water partition coefficient (Wildman–Crippen LogP) is 4.81. The Labute approximate surface area is 204 Å². The van der Waals surface area contributed by atoms with Crippen LogP contribution in [-0.2, 0) is 32.0 Å². The number of ketones is 1. The fourth-order valence-corrected chi connectivity index (χ4v) is 4.36. The first-order chi connectivity index (χ1) is 16.9. The number of nitrogens with zero attached hydrogens (tertiary/aromatic N) is 1. The molecule has 1 unspecified atom stereocenters. The number of esters is 1. The van der Waals surface area contributed by atoms with Crippen LogP contribution in [0.25, 0.3) is 0 Å². The van der Waals surface area contributed by atoms with Crippen molar-refractivity contribution in [1.29, 1.82) is 0 Å². The number of Topliss-reactive ketones (excluding diaryl/α,β-unsaturated/α-hetero) is 1. The lowest BCUT2D eigenvalue weighted by atomic mass is 9.92. The van der Waals surface area contributed by atoms with Crippen molar-refractivity contribution in [2.45, 2.75) is 32.2 Å². The van der Waals surface area contributed by atoms with Gasteiger partial charge in [0.1, 0.15) is 0 Å². The molecule has 1 amide bonds. The molecule has 1 N–H and O–H groups in total. The largest absolute Gasteiger partial charge is 0.503 e. The molecule has 3 aromatic rings. The van der Waals surface area contributed by atoms with Crippen LogP contribution in [0.2, 0.25) is 0 Å². The molecule has 0 radical (unpaired) electrons. The van der Waals surface area contributed by atoms with Crippen LogP contribution in [0.15, 0.2) is 90.2 Å². The summed E-state index contributed by atoms with van der Waals surface area (Å²) in [5.41, 5.74) is 4.09. The molecule has 1 atom stereocenters. The van der Waals surface area contributed by atoms with Crippen molar-refractivity contribution >= 4 is 23.3 Å². The number of ether oxygens (including phenoxy) is 1. The number of rotatable bonds is 8. The Balaban J connectivity index is 1.68. The second kappa shape index (κ2) is 10.4. The molecule has 6 heteroatoms. The molecule has 0 aromatic heterocycles. The van der Waals surface area contributed by atoms with E-state index in [-0.39, 0.29) is 30.2 Å². The highest BCUT2D eigenvalue weighted by atomic mass is 16.5. The molecule has 0 fully saturated rings. The average molecular weight is 470 g/mol. The van der Waals surface area contributed by atoms with Crippen molar-refractivity contribution in [1.82, 2.24) is 0 Å². The predicted molar refractivity (Wildman–Crippen MR) is 133 cm³/mol. The van der Waals surface area contributed by atoms with Crippen molar-refractivity contribution in [2.75, 3.05) is 12.0 Å². The Morgan fingerprint density at radius 2 is 1.66 bits per heavy atom. The van der Waals surface area contributed by atoms with Crippen LogP contribution in [-0.4, -0.2) is 29.9 Å². The first kappa shape index (κ1) is 24.0. The summed E-state index contributed by atoms with van der Waals surface area (Å²) in [6, 6.07) is 23.4. The third kappa shape index (κ3) is 5.17. The number of amides is 1. The minimum absolute atomic E-state index is 0.107. The lowest BCUT2D eigenvalue weighted by Crippen LogP contribution is -2.31. The van der Waals surface area contributed by atoms with Crippen molar-refractivity contribution in [2.24, 2.45) is 0 Å². The van der Waals surface area contributed by atoms with Crippen LogP contribution >= 0.6 is 0 Å². The number of aliphatic hydroxyl groups is 1. The summed E-state index contributed by atoms with van der Waals surface area (Å²) >= 11 is 0. The number of carbonyl (C=O) groups excluding carboxylic acids is 3. The number of carbonyl (C=O) groups is 3. The minimum Gasteiger partial charge on any atom is -0.503 e. The second-order valence-electron chi connectivity index (χ2n) is 8.58. The molecule has 35 heavy (non-hydrogen) atoms. The van der Waals surface area contributed by atoms with Gasteiger partial charge in [0.15, 0.2) is 11.5 Å². The smallest absolute Gasteiger partial charge is 0.309 e. The van der Waals surface area contributed by atoms with Crippen LogP contribution in [0.5, 0.6) is 0 Å². The van der Waals surface area contributed by atoms with Gasteiger partial charge in [-0.1, -0.05) is 72.3 Å². The molecule has 0 aliphatic carbocycles. The summed E-state index contributed by atoms with van der Waals surface area (Å²) in [6.45, 7) is 1.94. The summed E-state index contributed by atoms with van der Waals surface area (Å²) < 4.78 is 4.72. The van der Waals surface area contributed by atoms with Gasteiger partial charge in [-0.2, -0.15) is 0 Å². The molecule has 6 nitrogen and oxygen atoms in total. The summed E-state index contributed by atoms with van der Waals surface area (Å²) in [5, 5.41) is 10.9. The van der Waals surface area contributed by atoms with Crippen LogP contribution in [0, 0.1) is 6.92 Å². The summed E-state index contributed by atoms with van der Waals surface area (Å²) in [6.07, 6.45) is 0.789. The standard InChI is InChI=1S/C29H27NO5/c1-19-7-6-10-22(17-19)27-26(24(31)16-13-20-8-4-3-5-9-20)28(33)29(34)30(27)23-14-11-21(12-15-23)18-25(32)35-2/h3-12,14-15,17,27,33H,13,16,18H2,1-2H3. The van der Waals surface area contributed by atoms with Crippen LogP contribution < -0.4 is 4.90 Å². The van der Waals surface area contributed by atoms with E-state index in [0.717, 1.165) is 22.3 Å². The number of methoxy groups -OCH3 is 1. The highest BCUT2D eigenvalue weighted by molar-refractivity contribution is 6.16. The van der Waals surface area contributed by atoms with Gasteiger partial charge in [0.25, 0.3) is 5.91 Å². The fraction of sp³-hybridized carbons (Fsp3) is 0.207. The van der Waals surface area contributed by atoms with E-state index in [0.29, 0.717) is 12.1 Å². The van der Waals surface area contributed by atoms with Crippen molar-refractivity contribution in [3.05, 3.63) is 112 Å². The van der Waals surface area contributed by atoms with Crippen molar-refractivity contribution in [3.8, 4) is 0 Å². The van der Waals surface area contributed by atoms with Gasteiger partial charge in [0, 0.05) is 12.1 Å². The zero-order chi connectivity index (χ0) is 24.9. The Morgan fingerprint density at radius 3 is 2.31 bits per heavy atom. The lowest BCUT2D eigenvalue weighted by molar-refractivity contribution is -0.139.